The first-order chi connectivity index (χ1) is 17.2. The number of aromatic nitrogens is 2. The Labute approximate surface area is 212 Å². The highest BCUT2D eigenvalue weighted by Crippen LogP contribution is 2.21. The van der Waals surface area contributed by atoms with Crippen molar-refractivity contribution in [2.45, 2.75) is 40.0 Å². The summed E-state index contributed by atoms with van der Waals surface area (Å²) in [5.74, 6) is -0.890. The first-order valence-electron chi connectivity index (χ1n) is 11.2. The minimum Gasteiger partial charge on any atom is -0.364 e. The van der Waals surface area contributed by atoms with Crippen molar-refractivity contribution in [2.24, 2.45) is 5.92 Å². The van der Waals surface area contributed by atoms with E-state index < -0.39 is 11.2 Å². The Morgan fingerprint density at radius 2 is 1.67 bits per heavy atom. The van der Waals surface area contributed by atoms with Gasteiger partial charge in [0.1, 0.15) is 12.8 Å². The summed E-state index contributed by atoms with van der Waals surface area (Å²) in [7, 11) is 1.39. The van der Waals surface area contributed by atoms with Crippen LogP contribution in [0.3, 0.4) is 0 Å². The van der Waals surface area contributed by atoms with E-state index in [4.69, 9.17) is 21.6 Å². The molecule has 1 aromatic heterocycles. The van der Waals surface area contributed by atoms with Crippen LogP contribution in [0, 0.1) is 17.2 Å². The predicted octanol–water partition coefficient (Wildman–Crippen LogP) is 3.31. The molecule has 1 atom stereocenters. The van der Waals surface area contributed by atoms with Crippen molar-refractivity contribution in [3.63, 3.8) is 0 Å². The smallest absolute Gasteiger partial charge is 0.333 e. The molecule has 0 bridgehead atoms. The molecule has 3 aromatic rings. The van der Waals surface area contributed by atoms with Gasteiger partial charge in [0, 0.05) is 37.9 Å². The number of anilines is 2. The van der Waals surface area contributed by atoms with Gasteiger partial charge in [0.05, 0.1) is 21.5 Å². The maximum atomic E-state index is 12.8. The van der Waals surface area contributed by atoms with Crippen LogP contribution in [0.4, 0.5) is 11.4 Å². The minimum atomic E-state index is -0.509. The number of nitriles is 1. The summed E-state index contributed by atoms with van der Waals surface area (Å²) in [6.45, 7) is 3.75. The Balaban J connectivity index is 1.68. The molecule has 10 nitrogen and oxygen atoms in total. The van der Waals surface area contributed by atoms with Gasteiger partial charge in [-0.15, -0.1) is 0 Å². The van der Waals surface area contributed by atoms with Crippen molar-refractivity contribution in [3.05, 3.63) is 67.8 Å². The summed E-state index contributed by atoms with van der Waals surface area (Å²) in [6, 6.07) is 11.3. The Morgan fingerprint density at radius 1 is 1.06 bits per heavy atom. The third-order valence-corrected chi connectivity index (χ3v) is 5.84. The number of amides is 2. The number of benzene rings is 2. The first-order valence-corrected chi connectivity index (χ1v) is 11.6. The van der Waals surface area contributed by atoms with Crippen molar-refractivity contribution in [2.75, 3.05) is 17.7 Å². The van der Waals surface area contributed by atoms with Crippen LogP contribution < -0.4 is 21.9 Å². The van der Waals surface area contributed by atoms with Crippen LogP contribution in [0.25, 0.3) is 10.9 Å². The van der Waals surface area contributed by atoms with Crippen LogP contribution in [0.5, 0.6) is 0 Å². The lowest BCUT2D eigenvalue weighted by atomic mass is 10.0. The zero-order valence-electron chi connectivity index (χ0n) is 20.1. The van der Waals surface area contributed by atoms with Gasteiger partial charge in [0.15, 0.2) is 0 Å². The lowest BCUT2D eigenvalue weighted by Gasteiger charge is -2.14. The monoisotopic (exact) mass is 511 g/mol. The van der Waals surface area contributed by atoms with E-state index in [9.17, 15) is 19.2 Å². The first kappa shape index (κ1) is 26.7. The van der Waals surface area contributed by atoms with Gasteiger partial charge in [0.25, 0.3) is 5.56 Å². The lowest BCUT2D eigenvalue weighted by molar-refractivity contribution is -0.118. The molecule has 188 valence electrons. The predicted molar refractivity (Wildman–Crippen MR) is 137 cm³/mol. The Bertz CT molecular complexity index is 1470. The molecule has 11 heteroatoms. The van der Waals surface area contributed by atoms with Crippen molar-refractivity contribution in [1.82, 2.24) is 9.13 Å². The number of rotatable bonds is 9. The van der Waals surface area contributed by atoms with Gasteiger partial charge in [-0.05, 0) is 49.2 Å². The molecule has 0 fully saturated rings. The number of carbonyl (C=O) groups excluding carboxylic acids is 2. The summed E-state index contributed by atoms with van der Waals surface area (Å²) in [4.78, 5) is 50.4. The van der Waals surface area contributed by atoms with Crippen molar-refractivity contribution in [3.8, 4) is 6.07 Å². The fourth-order valence-electron chi connectivity index (χ4n) is 3.86. The number of hydrogen-bond acceptors (Lipinski definition) is 6. The van der Waals surface area contributed by atoms with Crippen LogP contribution in [-0.4, -0.2) is 28.1 Å². The molecule has 0 aliphatic rings. The van der Waals surface area contributed by atoms with E-state index >= 15 is 0 Å². The molecule has 0 radical (unpaired) electrons. The number of fused-ring (bicyclic) bond motifs is 1. The highest BCUT2D eigenvalue weighted by Gasteiger charge is 2.16. The minimum absolute atomic E-state index is 0.0714. The van der Waals surface area contributed by atoms with E-state index in [0.29, 0.717) is 29.0 Å². The quantitative estimate of drug-likeness (QED) is 0.452. The number of aryl methyl sites for hydroxylation is 1. The van der Waals surface area contributed by atoms with Gasteiger partial charge in [-0.2, -0.15) is 5.26 Å². The zero-order chi connectivity index (χ0) is 26.4. The number of nitrogens with one attached hydrogen (secondary N) is 2. The Morgan fingerprint density at radius 3 is 2.22 bits per heavy atom. The van der Waals surface area contributed by atoms with Gasteiger partial charge in [-0.3, -0.25) is 19.0 Å². The van der Waals surface area contributed by atoms with E-state index in [0.717, 1.165) is 4.57 Å². The van der Waals surface area contributed by atoms with Gasteiger partial charge in [-0.1, -0.05) is 18.5 Å². The summed E-state index contributed by atoms with van der Waals surface area (Å²) >= 11 is 5.99. The molecular formula is C25H26ClN5O5. The second-order valence-corrected chi connectivity index (χ2v) is 8.73. The van der Waals surface area contributed by atoms with Crippen molar-refractivity contribution < 1.29 is 14.3 Å². The third kappa shape index (κ3) is 6.00. The SMILES string of the molecule is CCn1c(=O)n(COC)c(=O)c2cc(NC(=O)CC(C)CC(=O)Nc3ccc(C#N)c(Cl)c3)ccc21. The molecular weight excluding hydrogens is 486 g/mol. The van der Waals surface area contributed by atoms with Gasteiger partial charge in [0.2, 0.25) is 11.8 Å². The molecule has 3 rings (SSSR count). The molecule has 2 N–H and O–H groups in total. The van der Waals surface area contributed by atoms with E-state index in [-0.39, 0.29) is 47.7 Å². The third-order valence-electron chi connectivity index (χ3n) is 5.52. The van der Waals surface area contributed by atoms with Gasteiger partial charge in [-0.25, -0.2) is 9.36 Å². The number of hydrogen-bond donors (Lipinski definition) is 2. The van der Waals surface area contributed by atoms with Gasteiger partial charge < -0.3 is 15.4 Å². The summed E-state index contributed by atoms with van der Waals surface area (Å²) < 4.78 is 7.45. The Hall–Kier alpha value is -3.94. The maximum Gasteiger partial charge on any atom is 0.333 e. The van der Waals surface area contributed by atoms with E-state index in [1.165, 1.54) is 29.9 Å². The van der Waals surface area contributed by atoms with Gasteiger partial charge >= 0.3 is 5.69 Å². The molecule has 1 heterocycles. The summed E-state index contributed by atoms with van der Waals surface area (Å²) in [5, 5.41) is 14.9. The average Bonchev–Trinajstić information content (AvgIpc) is 2.82. The lowest BCUT2D eigenvalue weighted by Crippen LogP contribution is -2.40. The summed E-state index contributed by atoms with van der Waals surface area (Å²) in [5.41, 5.74) is 0.657. The average molecular weight is 512 g/mol. The molecule has 0 aliphatic heterocycles. The molecule has 0 saturated heterocycles. The molecule has 0 saturated carbocycles. The van der Waals surface area contributed by atoms with Crippen LogP contribution in [0.1, 0.15) is 32.3 Å². The van der Waals surface area contributed by atoms with Crippen LogP contribution >= 0.6 is 11.6 Å². The highest BCUT2D eigenvalue weighted by molar-refractivity contribution is 6.32. The number of methoxy groups -OCH3 is 1. The van der Waals surface area contributed by atoms with E-state index in [1.54, 1.807) is 32.0 Å². The topological polar surface area (TPSA) is 135 Å². The second-order valence-electron chi connectivity index (χ2n) is 8.33. The maximum absolute atomic E-state index is 12.8. The second kappa shape index (κ2) is 11.7. The fourth-order valence-corrected chi connectivity index (χ4v) is 4.09. The van der Waals surface area contributed by atoms with Crippen LogP contribution in [-0.2, 0) is 27.6 Å². The number of ether oxygens (including phenoxy) is 1. The number of halogens is 1. The molecule has 1 unspecified atom stereocenters. The van der Waals surface area contributed by atoms with E-state index in [2.05, 4.69) is 10.6 Å². The number of nitrogens with zero attached hydrogens (tertiary/aromatic N) is 3. The molecule has 36 heavy (non-hydrogen) atoms. The summed E-state index contributed by atoms with van der Waals surface area (Å²) in [6.07, 6.45) is 0.162. The Kier molecular flexibility index (Phi) is 8.64. The zero-order valence-corrected chi connectivity index (χ0v) is 20.9. The van der Waals surface area contributed by atoms with Crippen LogP contribution in [0.15, 0.2) is 46.0 Å². The largest absolute Gasteiger partial charge is 0.364 e. The molecule has 0 spiro atoms. The van der Waals surface area contributed by atoms with Crippen LogP contribution in [0.2, 0.25) is 5.02 Å². The number of carbonyl (C=O) groups is 2. The standard InChI is InChI=1S/C25H26ClN5O5/c1-4-30-21-8-7-17(11-19(21)24(34)31(14-36-3)25(30)35)28-22(32)9-15(2)10-23(33)29-18-6-5-16(13-27)20(26)12-18/h5-8,11-12,15H,4,9-10,14H2,1-3H3,(H,28,32)(H,29,33). The molecule has 0 aliphatic carbocycles. The van der Waals surface area contributed by atoms with Crippen molar-refractivity contribution >= 4 is 45.7 Å². The fraction of sp³-hybridized carbons (Fsp3) is 0.320. The molecule has 2 amide bonds. The van der Waals surface area contributed by atoms with Crippen molar-refractivity contribution in [1.29, 1.82) is 5.26 Å². The normalized spacial score (nSPS) is 11.6. The van der Waals surface area contributed by atoms with E-state index in [1.807, 2.05) is 6.07 Å². The highest BCUT2D eigenvalue weighted by atomic mass is 35.5. The molecule has 2 aromatic carbocycles.